The number of carbonyl (C=O) groups excluding carboxylic acids is 1. The maximum atomic E-state index is 11.6. The van der Waals surface area contributed by atoms with Crippen molar-refractivity contribution in [3.63, 3.8) is 0 Å². The van der Waals surface area contributed by atoms with Crippen molar-refractivity contribution in [2.45, 2.75) is 51.4 Å². The van der Waals surface area contributed by atoms with E-state index in [1.54, 1.807) is 6.92 Å². The largest absolute Gasteiger partial charge is 1.00 e. The molecule has 2 atom stereocenters. The maximum absolute atomic E-state index is 11.6. The summed E-state index contributed by atoms with van der Waals surface area (Å²) in [6, 6.07) is 0. The predicted octanol–water partition coefficient (Wildman–Crippen LogP) is -1.29. The summed E-state index contributed by atoms with van der Waals surface area (Å²) in [5.74, 6) is -1.07. The summed E-state index contributed by atoms with van der Waals surface area (Å²) in [5, 5.41) is 0. The lowest BCUT2D eigenvalue weighted by Gasteiger charge is -2.39. The fourth-order valence-corrected chi connectivity index (χ4v) is 3.30. The molecule has 6 heteroatoms. The van der Waals surface area contributed by atoms with Gasteiger partial charge in [-0.05, 0) is 33.1 Å². The zero-order valence-corrected chi connectivity index (χ0v) is 15.6. The Bertz CT molecular complexity index is 347. The fraction of sp³-hybridized carbons (Fsp3) is 0.933. The molecule has 0 spiro atoms. The smallest absolute Gasteiger partial charge is 0.311 e. The minimum Gasteiger partial charge on any atom is -1.00 e. The van der Waals surface area contributed by atoms with Crippen LogP contribution in [0.5, 0.6) is 0 Å². The van der Waals surface area contributed by atoms with Gasteiger partial charge >= 0.3 is 5.97 Å². The molecule has 2 aliphatic heterocycles. The summed E-state index contributed by atoms with van der Waals surface area (Å²) in [7, 11) is 2.30. The van der Waals surface area contributed by atoms with E-state index in [4.69, 9.17) is 14.2 Å². The standard InChI is InChI=1S/C15H28NO4.HI/c1-4-18-14(17)10-15(2)19-12-13(20-15)11-16(3)8-6-5-7-9-16;/h13H,4-12H2,1-3H3;1H/q+1;/p-1. The molecule has 2 unspecified atom stereocenters. The van der Waals surface area contributed by atoms with Gasteiger partial charge in [-0.2, -0.15) is 0 Å². The van der Waals surface area contributed by atoms with E-state index in [2.05, 4.69) is 7.05 Å². The van der Waals surface area contributed by atoms with Crippen LogP contribution in [-0.2, 0) is 19.0 Å². The second-order valence-corrected chi connectivity index (χ2v) is 6.48. The minimum atomic E-state index is -0.814. The summed E-state index contributed by atoms with van der Waals surface area (Å²) in [6.07, 6.45) is 4.18. The van der Waals surface area contributed by atoms with Crippen molar-refractivity contribution in [1.29, 1.82) is 0 Å². The van der Waals surface area contributed by atoms with Crippen molar-refractivity contribution in [3.05, 3.63) is 0 Å². The van der Waals surface area contributed by atoms with Crippen LogP contribution in [-0.4, -0.2) is 62.2 Å². The average Bonchev–Trinajstić information content (AvgIpc) is 2.70. The third-order valence-corrected chi connectivity index (χ3v) is 4.30. The average molecular weight is 413 g/mol. The van der Waals surface area contributed by atoms with Crippen LogP contribution >= 0.6 is 0 Å². The number of nitrogens with zero attached hydrogens (tertiary/aromatic N) is 1. The first-order valence-electron chi connectivity index (χ1n) is 7.76. The highest BCUT2D eigenvalue weighted by Gasteiger charge is 2.42. The van der Waals surface area contributed by atoms with Gasteiger partial charge in [-0.1, -0.05) is 0 Å². The lowest BCUT2D eigenvalue weighted by molar-refractivity contribution is -0.916. The number of likely N-dealkylation sites (tertiary alicyclic amines) is 1. The van der Waals surface area contributed by atoms with Crippen molar-refractivity contribution < 1.29 is 47.5 Å². The first-order chi connectivity index (χ1) is 9.45. The van der Waals surface area contributed by atoms with Crippen LogP contribution in [0.3, 0.4) is 0 Å². The van der Waals surface area contributed by atoms with Gasteiger partial charge in [0.05, 0.1) is 39.8 Å². The fourth-order valence-electron chi connectivity index (χ4n) is 3.30. The second kappa shape index (κ2) is 8.08. The number of likely N-dealkylation sites (N-methyl/N-ethyl adjacent to an activating group) is 1. The zero-order valence-electron chi connectivity index (χ0n) is 13.4. The van der Waals surface area contributed by atoms with E-state index in [9.17, 15) is 4.79 Å². The first kappa shape index (κ1) is 19.1. The van der Waals surface area contributed by atoms with Gasteiger partial charge in [-0.15, -0.1) is 0 Å². The Hall–Kier alpha value is 0.0800. The van der Waals surface area contributed by atoms with Crippen molar-refractivity contribution in [1.82, 2.24) is 0 Å². The molecule has 5 nitrogen and oxygen atoms in total. The third-order valence-electron chi connectivity index (χ3n) is 4.30. The van der Waals surface area contributed by atoms with Gasteiger partial charge in [0.1, 0.15) is 12.6 Å². The predicted molar refractivity (Wildman–Crippen MR) is 75.1 cm³/mol. The molecule has 0 aromatic heterocycles. The molecule has 0 amide bonds. The van der Waals surface area contributed by atoms with Crippen LogP contribution in [0, 0.1) is 0 Å². The van der Waals surface area contributed by atoms with E-state index < -0.39 is 5.79 Å². The van der Waals surface area contributed by atoms with Crippen LogP contribution < -0.4 is 24.0 Å². The van der Waals surface area contributed by atoms with Gasteiger partial charge in [-0.3, -0.25) is 4.79 Å². The maximum Gasteiger partial charge on any atom is 0.311 e. The van der Waals surface area contributed by atoms with Gasteiger partial charge in [0.2, 0.25) is 0 Å². The first-order valence-corrected chi connectivity index (χ1v) is 7.76. The molecule has 0 saturated carbocycles. The van der Waals surface area contributed by atoms with Gasteiger partial charge in [-0.25, -0.2) is 0 Å². The molecule has 0 N–H and O–H groups in total. The normalized spacial score (nSPS) is 31.5. The van der Waals surface area contributed by atoms with Crippen LogP contribution in [0.2, 0.25) is 0 Å². The Morgan fingerprint density at radius 1 is 1.33 bits per heavy atom. The Labute approximate surface area is 144 Å². The summed E-state index contributed by atoms with van der Waals surface area (Å²) < 4.78 is 17.7. The van der Waals surface area contributed by atoms with Gasteiger partial charge in [0.15, 0.2) is 5.79 Å². The number of hydrogen-bond donors (Lipinski definition) is 0. The number of ether oxygens (including phenoxy) is 3. The van der Waals surface area contributed by atoms with Gasteiger partial charge in [0, 0.05) is 0 Å². The van der Waals surface area contributed by atoms with E-state index in [1.165, 1.54) is 32.4 Å². The molecule has 2 heterocycles. The molecule has 0 aromatic rings. The number of carbonyl (C=O) groups is 1. The van der Waals surface area contributed by atoms with Crippen LogP contribution in [0.1, 0.15) is 39.5 Å². The number of piperidine rings is 1. The number of halogens is 1. The summed E-state index contributed by atoms with van der Waals surface area (Å²) >= 11 is 0. The number of quaternary nitrogens is 1. The molecule has 124 valence electrons. The lowest BCUT2D eigenvalue weighted by Crippen LogP contribution is -3.00. The Balaban J connectivity index is 0.00000220. The highest BCUT2D eigenvalue weighted by molar-refractivity contribution is 5.70. The monoisotopic (exact) mass is 413 g/mol. The topological polar surface area (TPSA) is 44.8 Å². The Morgan fingerprint density at radius 2 is 2.00 bits per heavy atom. The minimum absolute atomic E-state index is 0. The van der Waals surface area contributed by atoms with Gasteiger partial charge in [0.25, 0.3) is 0 Å². The molecule has 0 aliphatic carbocycles. The quantitative estimate of drug-likeness (QED) is 0.320. The number of hydrogen-bond acceptors (Lipinski definition) is 4. The molecule has 2 rings (SSSR count). The number of esters is 1. The van der Waals surface area contributed by atoms with Crippen molar-refractivity contribution in [2.24, 2.45) is 0 Å². The lowest BCUT2D eigenvalue weighted by atomic mass is 10.1. The van der Waals surface area contributed by atoms with Crippen LogP contribution in [0.25, 0.3) is 0 Å². The van der Waals surface area contributed by atoms with Gasteiger partial charge < -0.3 is 42.7 Å². The summed E-state index contributed by atoms with van der Waals surface area (Å²) in [4.78, 5) is 11.6. The Morgan fingerprint density at radius 3 is 2.62 bits per heavy atom. The summed E-state index contributed by atoms with van der Waals surface area (Å²) in [5.41, 5.74) is 0. The van der Waals surface area contributed by atoms with Crippen molar-refractivity contribution in [2.75, 3.05) is 39.9 Å². The summed E-state index contributed by atoms with van der Waals surface area (Å²) in [6.45, 7) is 8.01. The number of rotatable bonds is 5. The van der Waals surface area contributed by atoms with E-state index >= 15 is 0 Å². The molecule has 0 aromatic carbocycles. The molecule has 2 saturated heterocycles. The highest BCUT2D eigenvalue weighted by atomic mass is 127. The molecular formula is C15H28INO4. The van der Waals surface area contributed by atoms with E-state index in [0.717, 1.165) is 11.0 Å². The van der Waals surface area contributed by atoms with Crippen LogP contribution in [0.4, 0.5) is 0 Å². The Kier molecular flexibility index (Phi) is 7.36. The SMILES string of the molecule is CCOC(=O)CC1(C)OCC(C[N+]2(C)CCCCC2)O1.[I-]. The molecular weight excluding hydrogens is 385 g/mol. The third kappa shape index (κ3) is 5.65. The molecule has 0 bridgehead atoms. The molecule has 2 aliphatic rings. The van der Waals surface area contributed by atoms with Crippen molar-refractivity contribution >= 4 is 5.97 Å². The van der Waals surface area contributed by atoms with Crippen molar-refractivity contribution in [3.8, 4) is 0 Å². The molecule has 2 fully saturated rings. The van der Waals surface area contributed by atoms with E-state index in [-0.39, 0.29) is 42.5 Å². The van der Waals surface area contributed by atoms with E-state index in [0.29, 0.717) is 13.2 Å². The van der Waals surface area contributed by atoms with Crippen LogP contribution in [0.15, 0.2) is 0 Å². The zero-order chi connectivity index (χ0) is 14.6. The molecule has 21 heavy (non-hydrogen) atoms. The highest BCUT2D eigenvalue weighted by Crippen LogP contribution is 2.29. The van der Waals surface area contributed by atoms with E-state index in [1.807, 2.05) is 6.92 Å². The molecule has 0 radical (unpaired) electrons. The second-order valence-electron chi connectivity index (χ2n) is 6.48.